The molecule has 0 bridgehead atoms. The molecule has 8 nitrogen and oxygen atoms in total. The number of hydrogen-bond acceptors (Lipinski definition) is 5. The van der Waals surface area contributed by atoms with Crippen LogP contribution in [-0.4, -0.2) is 56.6 Å². The second-order valence-electron chi connectivity index (χ2n) is 9.40. The molecule has 0 aliphatic heterocycles. The maximum absolute atomic E-state index is 13.7. The van der Waals surface area contributed by atoms with Gasteiger partial charge in [-0.1, -0.05) is 42.3 Å². The quantitative estimate of drug-likeness (QED) is 0.464. The molecule has 36 heavy (non-hydrogen) atoms. The summed E-state index contributed by atoms with van der Waals surface area (Å²) in [6.07, 6.45) is 1.33. The molecule has 2 aromatic rings. The molecule has 0 saturated carbocycles. The number of methoxy groups -OCH3 is 1. The molecule has 2 amide bonds. The highest BCUT2D eigenvalue weighted by Crippen LogP contribution is 2.26. The molecule has 2 rings (SSSR count). The lowest BCUT2D eigenvalue weighted by Gasteiger charge is -2.34. The van der Waals surface area contributed by atoms with E-state index in [9.17, 15) is 18.0 Å². The monoisotopic (exact) mass is 557 g/mol. The molecule has 1 unspecified atom stereocenters. The first kappa shape index (κ1) is 29.7. The molecular formula is C25H33Cl2N3O5S. The molecule has 0 fully saturated rings. The Morgan fingerprint density at radius 1 is 1.08 bits per heavy atom. The van der Waals surface area contributed by atoms with E-state index in [0.29, 0.717) is 27.8 Å². The molecule has 0 radical (unpaired) electrons. The Bertz CT molecular complexity index is 1200. The molecule has 198 valence electrons. The summed E-state index contributed by atoms with van der Waals surface area (Å²) in [6.45, 7) is 6.84. The van der Waals surface area contributed by atoms with E-state index < -0.39 is 34.1 Å². The lowest BCUT2D eigenvalue weighted by atomic mass is 10.1. The largest absolute Gasteiger partial charge is 0.497 e. The van der Waals surface area contributed by atoms with Crippen LogP contribution in [0.15, 0.2) is 42.5 Å². The Balaban J connectivity index is 2.49. The van der Waals surface area contributed by atoms with Crippen LogP contribution in [-0.2, 0) is 26.2 Å². The number of halogens is 2. The van der Waals surface area contributed by atoms with Gasteiger partial charge in [0, 0.05) is 18.2 Å². The zero-order valence-corrected chi connectivity index (χ0v) is 23.7. The van der Waals surface area contributed by atoms with Gasteiger partial charge in [0.1, 0.15) is 18.3 Å². The van der Waals surface area contributed by atoms with Crippen molar-refractivity contribution in [1.82, 2.24) is 10.2 Å². The van der Waals surface area contributed by atoms with E-state index in [1.807, 2.05) is 20.8 Å². The highest BCUT2D eigenvalue weighted by atomic mass is 35.5. The van der Waals surface area contributed by atoms with Crippen molar-refractivity contribution >= 4 is 50.7 Å². The highest BCUT2D eigenvalue weighted by Gasteiger charge is 2.33. The second-order valence-corrected chi connectivity index (χ2v) is 12.1. The van der Waals surface area contributed by atoms with E-state index in [2.05, 4.69) is 5.32 Å². The van der Waals surface area contributed by atoms with Crippen molar-refractivity contribution in [1.29, 1.82) is 0 Å². The number of nitrogens with zero attached hydrogens (tertiary/aromatic N) is 2. The summed E-state index contributed by atoms with van der Waals surface area (Å²) >= 11 is 12.2. The van der Waals surface area contributed by atoms with E-state index >= 15 is 0 Å². The number of benzene rings is 2. The molecule has 0 aromatic heterocycles. The molecule has 11 heteroatoms. The van der Waals surface area contributed by atoms with Gasteiger partial charge in [-0.2, -0.15) is 0 Å². The molecule has 1 N–H and O–H groups in total. The second kappa shape index (κ2) is 12.2. The summed E-state index contributed by atoms with van der Waals surface area (Å²) in [6, 6.07) is 10.5. The van der Waals surface area contributed by atoms with Gasteiger partial charge in [0.05, 0.1) is 29.1 Å². The van der Waals surface area contributed by atoms with E-state index in [1.54, 1.807) is 43.3 Å². The summed E-state index contributed by atoms with van der Waals surface area (Å²) in [5.74, 6) is -0.451. The lowest BCUT2D eigenvalue weighted by molar-refractivity contribution is -0.141. The summed E-state index contributed by atoms with van der Waals surface area (Å²) in [5, 5.41) is 3.58. The van der Waals surface area contributed by atoms with Crippen molar-refractivity contribution < 1.29 is 22.7 Å². The van der Waals surface area contributed by atoms with E-state index in [-0.39, 0.29) is 18.1 Å². The van der Waals surface area contributed by atoms with Crippen LogP contribution in [0.3, 0.4) is 0 Å². The number of nitrogens with one attached hydrogen (secondary N) is 1. The van der Waals surface area contributed by atoms with Crippen LogP contribution >= 0.6 is 23.2 Å². The molecular weight excluding hydrogens is 525 g/mol. The number of anilines is 1. The van der Waals surface area contributed by atoms with Gasteiger partial charge in [0.15, 0.2) is 0 Å². The Morgan fingerprint density at radius 3 is 2.28 bits per heavy atom. The number of rotatable bonds is 10. The van der Waals surface area contributed by atoms with E-state index in [4.69, 9.17) is 27.9 Å². The van der Waals surface area contributed by atoms with Gasteiger partial charge in [-0.15, -0.1) is 0 Å². The smallest absolute Gasteiger partial charge is 0.244 e. The van der Waals surface area contributed by atoms with Crippen LogP contribution in [0.5, 0.6) is 5.75 Å². The van der Waals surface area contributed by atoms with Gasteiger partial charge in [0.25, 0.3) is 0 Å². The number of amides is 2. The van der Waals surface area contributed by atoms with E-state index in [0.717, 1.165) is 10.6 Å². The molecule has 1 atom stereocenters. The summed E-state index contributed by atoms with van der Waals surface area (Å²) in [5.41, 5.74) is 0.390. The van der Waals surface area contributed by atoms with Crippen molar-refractivity contribution in [2.75, 3.05) is 24.2 Å². The van der Waals surface area contributed by atoms with Crippen LogP contribution in [0.25, 0.3) is 0 Å². The maximum Gasteiger partial charge on any atom is 0.244 e. The summed E-state index contributed by atoms with van der Waals surface area (Å²) in [4.78, 5) is 28.3. The number of sulfonamides is 1. The molecule has 0 heterocycles. The van der Waals surface area contributed by atoms with Crippen molar-refractivity contribution in [3.05, 3.63) is 58.1 Å². The lowest BCUT2D eigenvalue weighted by Crippen LogP contribution is -2.55. The standard InChI is InChI=1S/C25H33Cl2N3O5S/c1-7-22(24(32)28-25(2,3)4)29(15-17-11-12-20(26)21(27)13-17)23(31)16-30(36(6,33)34)18-9-8-10-19(14-18)35-5/h8-14,22H,7,15-16H2,1-6H3,(H,28,32). The molecule has 2 aromatic carbocycles. The number of hydrogen-bond donors (Lipinski definition) is 1. The zero-order valence-electron chi connectivity index (χ0n) is 21.3. The molecule has 0 saturated heterocycles. The maximum atomic E-state index is 13.7. The van der Waals surface area contributed by atoms with Crippen LogP contribution in [0.1, 0.15) is 39.7 Å². The zero-order chi connectivity index (χ0) is 27.3. The first-order chi connectivity index (χ1) is 16.7. The highest BCUT2D eigenvalue weighted by molar-refractivity contribution is 7.92. The third kappa shape index (κ3) is 8.28. The Kier molecular flexibility index (Phi) is 10.0. The third-order valence-corrected chi connectivity index (χ3v) is 7.12. The average Bonchev–Trinajstić information content (AvgIpc) is 2.77. The van der Waals surface area contributed by atoms with Crippen molar-refractivity contribution in [2.24, 2.45) is 0 Å². The summed E-state index contributed by atoms with van der Waals surface area (Å²) in [7, 11) is -2.38. The predicted molar refractivity (Wildman–Crippen MR) is 144 cm³/mol. The predicted octanol–water partition coefficient (Wildman–Crippen LogP) is 4.49. The van der Waals surface area contributed by atoms with Gasteiger partial charge >= 0.3 is 0 Å². The Hall–Kier alpha value is -2.49. The van der Waals surface area contributed by atoms with Gasteiger partial charge < -0.3 is 15.0 Å². The van der Waals surface area contributed by atoms with Crippen LogP contribution in [0, 0.1) is 0 Å². The fourth-order valence-electron chi connectivity index (χ4n) is 3.59. The summed E-state index contributed by atoms with van der Waals surface area (Å²) < 4.78 is 31.6. The first-order valence-corrected chi connectivity index (χ1v) is 13.9. The average molecular weight is 559 g/mol. The van der Waals surface area contributed by atoms with Gasteiger partial charge in [-0.3, -0.25) is 13.9 Å². The normalized spacial score (nSPS) is 12.6. The van der Waals surface area contributed by atoms with Gasteiger partial charge in [0.2, 0.25) is 21.8 Å². The SMILES string of the molecule is CCC(C(=O)NC(C)(C)C)N(Cc1ccc(Cl)c(Cl)c1)C(=O)CN(c1cccc(OC)c1)S(C)(=O)=O. The minimum absolute atomic E-state index is 0.0293. The number of ether oxygens (including phenoxy) is 1. The van der Waals surface area contributed by atoms with Crippen molar-refractivity contribution in [3.8, 4) is 5.75 Å². The first-order valence-electron chi connectivity index (χ1n) is 11.3. The minimum Gasteiger partial charge on any atom is -0.497 e. The fourth-order valence-corrected chi connectivity index (χ4v) is 4.75. The number of carbonyl (C=O) groups excluding carboxylic acids is 2. The minimum atomic E-state index is -3.85. The van der Waals surface area contributed by atoms with Gasteiger partial charge in [-0.25, -0.2) is 8.42 Å². The Morgan fingerprint density at radius 2 is 1.75 bits per heavy atom. The van der Waals surface area contributed by atoms with E-state index in [1.165, 1.54) is 18.1 Å². The van der Waals surface area contributed by atoms with Crippen LogP contribution in [0.2, 0.25) is 10.0 Å². The van der Waals surface area contributed by atoms with Crippen molar-refractivity contribution in [2.45, 2.75) is 52.2 Å². The number of carbonyl (C=O) groups is 2. The van der Waals surface area contributed by atoms with Crippen LogP contribution < -0.4 is 14.4 Å². The fraction of sp³-hybridized carbons (Fsp3) is 0.440. The third-order valence-electron chi connectivity index (χ3n) is 5.24. The van der Waals surface area contributed by atoms with Crippen LogP contribution in [0.4, 0.5) is 5.69 Å². The molecule has 0 aliphatic rings. The van der Waals surface area contributed by atoms with Crippen molar-refractivity contribution in [3.63, 3.8) is 0 Å². The molecule has 0 aliphatic carbocycles. The topological polar surface area (TPSA) is 96.0 Å². The Labute approximate surface area is 223 Å². The van der Waals surface area contributed by atoms with Gasteiger partial charge in [-0.05, 0) is 57.0 Å². The molecule has 0 spiro atoms.